The van der Waals surface area contributed by atoms with Gasteiger partial charge >= 0.3 is 12.1 Å². The molecule has 0 saturated carbocycles. The highest BCUT2D eigenvalue weighted by Crippen LogP contribution is 2.49. The molecule has 0 aromatic heterocycles. The van der Waals surface area contributed by atoms with Crippen LogP contribution in [-0.4, -0.2) is 163 Å². The van der Waals surface area contributed by atoms with Crippen molar-refractivity contribution in [2.45, 2.75) is 127 Å². The van der Waals surface area contributed by atoms with Crippen molar-refractivity contribution in [3.05, 3.63) is 58.7 Å². The second kappa shape index (κ2) is 24.9. The lowest BCUT2D eigenvalue weighted by atomic mass is 9.83. The molecule has 4 aliphatic heterocycles. The van der Waals surface area contributed by atoms with Crippen LogP contribution in [0.5, 0.6) is 5.75 Å². The molecule has 4 bridgehead atoms. The van der Waals surface area contributed by atoms with Crippen LogP contribution in [0.2, 0.25) is 5.02 Å². The summed E-state index contributed by atoms with van der Waals surface area (Å²) in [4.78, 5) is 94.3. The Morgan fingerprint density at radius 1 is 1.11 bits per heavy atom. The fourth-order valence-electron chi connectivity index (χ4n) is 8.44. The Balaban J connectivity index is 1.21. The smallest absolute Gasteiger partial charge is 0.409 e. The molecular weight excluding hydrogens is 982 g/mol. The highest BCUT2D eigenvalue weighted by molar-refractivity contribution is 8.77. The summed E-state index contributed by atoms with van der Waals surface area (Å²) in [5, 5.41) is 17.4. The molecule has 22 heteroatoms. The third-order valence-corrected chi connectivity index (χ3v) is 16.8. The summed E-state index contributed by atoms with van der Waals surface area (Å²) in [6, 6.07) is 2.50. The Labute approximate surface area is 428 Å². The molecule has 19 nitrogen and oxygen atoms in total. The van der Waals surface area contributed by atoms with Gasteiger partial charge < -0.3 is 48.6 Å². The maximum absolute atomic E-state index is 14.3. The highest BCUT2D eigenvalue weighted by atomic mass is 35.5. The Hall–Kier alpha value is -4.64. The summed E-state index contributed by atoms with van der Waals surface area (Å²) in [5.74, 6) is -2.11. The van der Waals surface area contributed by atoms with E-state index in [1.807, 2.05) is 26.8 Å². The average molecular weight is 1050 g/mol. The Bertz CT molecular complexity index is 2240. The van der Waals surface area contributed by atoms with Crippen LogP contribution >= 0.6 is 33.2 Å². The summed E-state index contributed by atoms with van der Waals surface area (Å²) in [5.41, 5.74) is -1.08. The van der Waals surface area contributed by atoms with Crippen molar-refractivity contribution in [1.82, 2.24) is 20.4 Å². The number of fused-ring (bicyclic) bond motifs is 5. The Morgan fingerprint density at radius 3 is 2.49 bits per heavy atom. The number of hydrogen-bond acceptors (Lipinski definition) is 16. The number of imide groups is 1. The molecule has 0 unspecified atom stereocenters. The van der Waals surface area contributed by atoms with Gasteiger partial charge in [0, 0.05) is 75.6 Å². The topological polar surface area (TPSA) is 232 Å². The molecule has 5 rings (SSSR count). The van der Waals surface area contributed by atoms with Crippen LogP contribution in [0.1, 0.15) is 79.2 Å². The van der Waals surface area contributed by atoms with E-state index in [9.17, 15) is 38.7 Å². The van der Waals surface area contributed by atoms with E-state index in [4.69, 9.17) is 40.0 Å². The maximum Gasteiger partial charge on any atom is 0.409 e. The molecule has 1 aromatic rings. The number of rotatable bonds is 19. The van der Waals surface area contributed by atoms with Crippen LogP contribution in [0.4, 0.5) is 10.5 Å². The predicted molar refractivity (Wildman–Crippen MR) is 269 cm³/mol. The quantitative estimate of drug-likeness (QED) is 0.0550. The standard InChI is InChI=1S/C49H68ClN5O14S2/c1-29-12-11-13-36(65-10)49(63)28-35(67-46(62)52-49)30(2)44-48(6,69-44)37(27-42(60)54(8)33-25-32(24-29)26-34(64-9)43(33)50)68-45(61)31(3)53(7)39(57)16-18-47(4,5)71-70-23-19-51-38(56)17-21-66-22-20-55-40(58)14-15-41(55)59/h11-15,25-26,30-31,35-37,44,63H,16-24,27-28H2,1-10H3,(H,51,56)(H,52,62)/b13-11+,29-12+/t30-,31+,35+,36-,37+,44+,48+,49+/m1/s1. The van der Waals surface area contributed by atoms with Gasteiger partial charge in [0.2, 0.25) is 17.7 Å². The number of anilines is 1. The van der Waals surface area contributed by atoms with Crippen LogP contribution in [0.15, 0.2) is 48.1 Å². The number of benzene rings is 1. The number of epoxide rings is 1. The highest BCUT2D eigenvalue weighted by Gasteiger charge is 2.64. The summed E-state index contributed by atoms with van der Waals surface area (Å²) >= 11 is 6.82. The van der Waals surface area contributed by atoms with E-state index in [0.717, 1.165) is 16.0 Å². The number of halogens is 1. The zero-order valence-electron chi connectivity index (χ0n) is 42.1. The van der Waals surface area contributed by atoms with E-state index >= 15 is 0 Å². The number of allylic oxidation sites excluding steroid dienone is 3. The zero-order chi connectivity index (χ0) is 52.4. The first kappa shape index (κ1) is 57.3. The number of ether oxygens (including phenoxy) is 6. The van der Waals surface area contributed by atoms with E-state index in [0.29, 0.717) is 36.6 Å². The molecule has 1 aromatic carbocycles. The van der Waals surface area contributed by atoms with Gasteiger partial charge in [-0.15, -0.1) is 0 Å². The van der Waals surface area contributed by atoms with E-state index in [2.05, 4.69) is 10.6 Å². The zero-order valence-corrected chi connectivity index (χ0v) is 44.5. The van der Waals surface area contributed by atoms with Crippen molar-refractivity contribution >= 4 is 80.5 Å². The van der Waals surface area contributed by atoms with E-state index in [-0.39, 0.29) is 78.8 Å². The van der Waals surface area contributed by atoms with Crippen molar-refractivity contribution in [3.63, 3.8) is 0 Å². The molecule has 4 heterocycles. The molecule has 392 valence electrons. The normalized spacial score (nSPS) is 27.4. The predicted octanol–water partition coefficient (Wildman–Crippen LogP) is 4.90. The number of amides is 6. The maximum atomic E-state index is 14.3. The number of nitrogens with zero attached hydrogens (tertiary/aromatic N) is 3. The first-order chi connectivity index (χ1) is 33.4. The molecule has 2 fully saturated rings. The number of alkyl carbamates (subject to hydrolysis) is 1. The number of carbonyl (C=O) groups excluding carboxylic acids is 7. The fraction of sp³-hybridized carbons (Fsp3) is 0.612. The molecule has 4 aliphatic rings. The number of hydrogen-bond donors (Lipinski definition) is 3. The molecule has 0 radical (unpaired) electrons. The third kappa shape index (κ3) is 15.0. The number of methoxy groups -OCH3 is 2. The minimum absolute atomic E-state index is 0.0820. The fourth-order valence-corrected chi connectivity index (χ4v) is 11.2. The minimum Gasteiger partial charge on any atom is -0.495 e. The van der Waals surface area contributed by atoms with Crippen LogP contribution in [-0.2, 0) is 58.9 Å². The van der Waals surface area contributed by atoms with Crippen molar-refractivity contribution in [2.24, 2.45) is 5.92 Å². The molecule has 8 atom stereocenters. The number of esters is 1. The average Bonchev–Trinajstić information content (AvgIpc) is 3.92. The molecule has 6 amide bonds. The molecule has 2 saturated heterocycles. The van der Waals surface area contributed by atoms with Crippen LogP contribution < -0.4 is 20.3 Å². The van der Waals surface area contributed by atoms with Gasteiger partial charge in [0.1, 0.15) is 40.7 Å². The molecular formula is C49H68ClN5O14S2. The molecule has 71 heavy (non-hydrogen) atoms. The lowest BCUT2D eigenvalue weighted by molar-refractivity contribution is -0.162. The van der Waals surface area contributed by atoms with Crippen molar-refractivity contribution in [1.29, 1.82) is 0 Å². The van der Waals surface area contributed by atoms with E-state index < -0.39 is 65.7 Å². The van der Waals surface area contributed by atoms with Gasteiger partial charge in [0.25, 0.3) is 11.8 Å². The SMILES string of the molecule is COc1cc2cc(c1Cl)N(C)C(=O)C[C@H](OC(=O)[C@H](C)N(C)C(=O)CCC(C)(C)SSCCNC(=O)CCOCCN1C(=O)C=CC1=O)[C@]1(C)O[C@H]1[C@H](C)[C@@H]1C[C@@](O)(NC(=O)O1)[C@H](OC)/C=C/C=C(\C)C2. The summed E-state index contributed by atoms with van der Waals surface area (Å²) in [7, 11) is 9.11. The number of aliphatic hydroxyl groups is 1. The summed E-state index contributed by atoms with van der Waals surface area (Å²) in [6.07, 6.45) is 3.73. The van der Waals surface area contributed by atoms with Crippen molar-refractivity contribution in [2.75, 3.05) is 65.3 Å². The number of nitrogens with one attached hydrogen (secondary N) is 2. The first-order valence-corrected chi connectivity index (χ1v) is 26.2. The second-order valence-corrected chi connectivity index (χ2v) is 22.4. The van der Waals surface area contributed by atoms with Crippen molar-refractivity contribution < 1.29 is 67.1 Å². The number of carbonyl (C=O) groups is 7. The molecule has 0 aliphatic carbocycles. The second-order valence-electron chi connectivity index (χ2n) is 18.9. The van der Waals surface area contributed by atoms with Crippen LogP contribution in [0.3, 0.4) is 0 Å². The summed E-state index contributed by atoms with van der Waals surface area (Å²) < 4.78 is 34.5. The van der Waals surface area contributed by atoms with Gasteiger partial charge in [-0.25, -0.2) is 9.59 Å². The van der Waals surface area contributed by atoms with Gasteiger partial charge in [-0.1, -0.05) is 63.9 Å². The Morgan fingerprint density at radius 2 is 1.82 bits per heavy atom. The van der Waals surface area contributed by atoms with Gasteiger partial charge in [-0.2, -0.15) is 0 Å². The monoisotopic (exact) mass is 1050 g/mol. The van der Waals surface area contributed by atoms with Crippen molar-refractivity contribution in [3.8, 4) is 5.75 Å². The lowest BCUT2D eigenvalue weighted by Gasteiger charge is -2.42. The van der Waals surface area contributed by atoms with Gasteiger partial charge in [-0.05, 0) is 65.2 Å². The van der Waals surface area contributed by atoms with Gasteiger partial charge in [0.05, 0.1) is 45.1 Å². The molecule has 3 N–H and O–H groups in total. The van der Waals surface area contributed by atoms with E-state index in [1.165, 1.54) is 43.2 Å². The third-order valence-electron chi connectivity index (χ3n) is 13.1. The lowest BCUT2D eigenvalue weighted by Crippen LogP contribution is -2.63. The van der Waals surface area contributed by atoms with Gasteiger partial charge in [-0.3, -0.25) is 34.2 Å². The van der Waals surface area contributed by atoms with Gasteiger partial charge in [0.15, 0.2) is 5.72 Å². The van der Waals surface area contributed by atoms with Crippen LogP contribution in [0, 0.1) is 5.92 Å². The minimum atomic E-state index is -1.86. The number of likely N-dealkylation sites (N-methyl/N-ethyl adjacent to an activating group) is 1. The molecule has 0 spiro atoms. The van der Waals surface area contributed by atoms with Crippen LogP contribution in [0.25, 0.3) is 0 Å². The summed E-state index contributed by atoms with van der Waals surface area (Å²) in [6.45, 7) is 11.8. The van der Waals surface area contributed by atoms with E-state index in [1.54, 1.807) is 73.7 Å². The Kier molecular flexibility index (Phi) is 20.0. The first-order valence-electron chi connectivity index (χ1n) is 23.5. The largest absolute Gasteiger partial charge is 0.495 e.